The Labute approximate surface area is 169 Å². The highest BCUT2D eigenvalue weighted by molar-refractivity contribution is 5.63. The molecular formula is C21H20ClN2O4-. The number of benzene rings is 2. The largest absolute Gasteiger partial charge is 1.00 e. The summed E-state index contributed by atoms with van der Waals surface area (Å²) in [6.45, 7) is 0.974. The minimum Gasteiger partial charge on any atom is -1.00 e. The molecule has 1 atom stereocenters. The average Bonchev–Trinajstić information content (AvgIpc) is 3.35. The molecule has 1 unspecified atom stereocenters. The Balaban J connectivity index is 0.00000192. The van der Waals surface area contributed by atoms with E-state index < -0.39 is 0 Å². The maximum Gasteiger partial charge on any atom is 0.231 e. The number of fused-ring (bicyclic) bond motifs is 5. The molecule has 0 amide bonds. The molecule has 5 rings (SSSR count). The molecule has 28 heavy (non-hydrogen) atoms. The number of hydrogen-bond acceptors (Lipinski definition) is 5. The van der Waals surface area contributed by atoms with E-state index in [-0.39, 0.29) is 25.2 Å². The van der Waals surface area contributed by atoms with Crippen LogP contribution in [0.25, 0.3) is 5.69 Å². The van der Waals surface area contributed by atoms with Gasteiger partial charge in [0.2, 0.25) is 6.79 Å². The predicted octanol–water partition coefficient (Wildman–Crippen LogP) is 0.420. The van der Waals surface area contributed by atoms with E-state index >= 15 is 0 Å². The van der Waals surface area contributed by atoms with Gasteiger partial charge in [-0.2, -0.15) is 0 Å². The third-order valence-corrected chi connectivity index (χ3v) is 5.15. The van der Waals surface area contributed by atoms with Gasteiger partial charge in [-0.05, 0) is 41.5 Å². The molecular weight excluding hydrogens is 380 g/mol. The molecule has 2 aliphatic rings. The Hall–Kier alpha value is -2.83. The highest BCUT2D eigenvalue weighted by Crippen LogP contribution is 2.43. The van der Waals surface area contributed by atoms with Crippen LogP contribution in [0, 0.1) is 0 Å². The summed E-state index contributed by atoms with van der Waals surface area (Å²) in [6, 6.07) is 14.3. The molecule has 0 radical (unpaired) electrons. The summed E-state index contributed by atoms with van der Waals surface area (Å²) < 4.78 is 24.4. The first-order valence-corrected chi connectivity index (χ1v) is 8.84. The number of nitrogens with one attached hydrogen (secondary N) is 1. The van der Waals surface area contributed by atoms with E-state index in [2.05, 4.69) is 40.3 Å². The summed E-state index contributed by atoms with van der Waals surface area (Å²) in [4.78, 5) is 0. The molecule has 2 aliphatic heterocycles. The molecule has 0 aliphatic carbocycles. The standard InChI is InChI=1S/C21H20N2O4.ClH/c1-24-16-7-5-13(10-18(16)25-2)19-15-4-3-9-23(15)20-14(11-22-19)6-8-17-21(20)27-12-26-17;/h3-10,19,22H,11-12H2,1-2H3;1H/p-1. The average molecular weight is 400 g/mol. The highest BCUT2D eigenvalue weighted by Gasteiger charge is 2.29. The van der Waals surface area contributed by atoms with Gasteiger partial charge in [-0.25, -0.2) is 0 Å². The SMILES string of the molecule is COc1ccc(C2NCc3ccc4c(c3-n3cccc32)OCO4)cc1OC.[Cl-]. The molecule has 3 heterocycles. The Kier molecular flexibility index (Phi) is 4.83. The van der Waals surface area contributed by atoms with Crippen molar-refractivity contribution in [2.24, 2.45) is 0 Å². The van der Waals surface area contributed by atoms with E-state index in [0.29, 0.717) is 12.3 Å². The van der Waals surface area contributed by atoms with E-state index in [0.717, 1.165) is 34.2 Å². The van der Waals surface area contributed by atoms with Crippen LogP contribution in [0.5, 0.6) is 23.0 Å². The molecule has 6 nitrogen and oxygen atoms in total. The Morgan fingerprint density at radius 3 is 2.71 bits per heavy atom. The van der Waals surface area contributed by atoms with Gasteiger partial charge in [0, 0.05) is 18.4 Å². The lowest BCUT2D eigenvalue weighted by atomic mass is 10.0. The second-order valence-corrected chi connectivity index (χ2v) is 6.54. The number of nitrogens with zero attached hydrogens (tertiary/aromatic N) is 1. The monoisotopic (exact) mass is 399 g/mol. The number of aromatic nitrogens is 1. The zero-order valence-electron chi connectivity index (χ0n) is 15.6. The van der Waals surface area contributed by atoms with Crippen LogP contribution >= 0.6 is 0 Å². The van der Waals surface area contributed by atoms with Crippen LogP contribution in [0.15, 0.2) is 48.7 Å². The van der Waals surface area contributed by atoms with Crippen LogP contribution in [-0.4, -0.2) is 25.6 Å². The van der Waals surface area contributed by atoms with Crippen LogP contribution in [0.2, 0.25) is 0 Å². The van der Waals surface area contributed by atoms with Gasteiger partial charge in [0.05, 0.1) is 25.9 Å². The zero-order valence-corrected chi connectivity index (χ0v) is 16.3. The van der Waals surface area contributed by atoms with Crippen molar-refractivity contribution in [1.29, 1.82) is 0 Å². The van der Waals surface area contributed by atoms with E-state index in [4.69, 9.17) is 18.9 Å². The summed E-state index contributed by atoms with van der Waals surface area (Å²) in [7, 11) is 3.30. The number of methoxy groups -OCH3 is 2. The van der Waals surface area contributed by atoms with Crippen LogP contribution < -0.4 is 36.7 Å². The maximum atomic E-state index is 5.78. The van der Waals surface area contributed by atoms with Crippen molar-refractivity contribution in [3.8, 4) is 28.7 Å². The fourth-order valence-electron chi connectivity index (χ4n) is 3.88. The first-order valence-electron chi connectivity index (χ1n) is 8.84. The predicted molar refractivity (Wildman–Crippen MR) is 100 cm³/mol. The third-order valence-electron chi connectivity index (χ3n) is 5.15. The van der Waals surface area contributed by atoms with Crippen molar-refractivity contribution in [2.45, 2.75) is 12.6 Å². The molecule has 3 aromatic rings. The van der Waals surface area contributed by atoms with Gasteiger partial charge < -0.3 is 41.2 Å². The zero-order chi connectivity index (χ0) is 18.4. The first-order chi connectivity index (χ1) is 13.3. The fourth-order valence-corrected chi connectivity index (χ4v) is 3.88. The Morgan fingerprint density at radius 2 is 1.89 bits per heavy atom. The molecule has 0 saturated carbocycles. The van der Waals surface area contributed by atoms with E-state index in [1.54, 1.807) is 14.2 Å². The molecule has 0 bridgehead atoms. The summed E-state index contributed by atoms with van der Waals surface area (Å²) in [5.41, 5.74) is 4.44. The molecule has 1 N–H and O–H groups in total. The summed E-state index contributed by atoms with van der Waals surface area (Å²) in [6.07, 6.45) is 2.07. The molecule has 0 spiro atoms. The van der Waals surface area contributed by atoms with Gasteiger partial charge in [0.25, 0.3) is 0 Å². The van der Waals surface area contributed by atoms with E-state index in [1.807, 2.05) is 18.2 Å². The molecule has 146 valence electrons. The summed E-state index contributed by atoms with van der Waals surface area (Å²) >= 11 is 0. The molecule has 0 saturated heterocycles. The summed E-state index contributed by atoms with van der Waals surface area (Å²) in [5, 5.41) is 3.66. The van der Waals surface area contributed by atoms with Crippen LogP contribution in [0.1, 0.15) is 22.9 Å². The second kappa shape index (κ2) is 7.30. The number of ether oxygens (including phenoxy) is 4. The molecule has 7 heteroatoms. The maximum absolute atomic E-state index is 5.78. The van der Waals surface area contributed by atoms with E-state index in [1.165, 1.54) is 5.56 Å². The van der Waals surface area contributed by atoms with Crippen molar-refractivity contribution in [3.63, 3.8) is 0 Å². The van der Waals surface area contributed by atoms with Crippen LogP contribution in [0.4, 0.5) is 0 Å². The van der Waals surface area contributed by atoms with Gasteiger partial charge in [0.1, 0.15) is 0 Å². The lowest BCUT2D eigenvalue weighted by Crippen LogP contribution is -3.00. The topological polar surface area (TPSA) is 53.9 Å². The van der Waals surface area contributed by atoms with Gasteiger partial charge in [0.15, 0.2) is 23.0 Å². The molecule has 0 fully saturated rings. The quantitative estimate of drug-likeness (QED) is 0.692. The second-order valence-electron chi connectivity index (χ2n) is 6.54. The van der Waals surface area contributed by atoms with E-state index in [9.17, 15) is 0 Å². The van der Waals surface area contributed by atoms with Gasteiger partial charge in [-0.3, -0.25) is 0 Å². The third kappa shape index (κ3) is 2.77. The molecule has 1 aromatic heterocycles. The lowest BCUT2D eigenvalue weighted by molar-refractivity contribution is -0.00000737. The van der Waals surface area contributed by atoms with Crippen molar-refractivity contribution < 1.29 is 31.4 Å². The van der Waals surface area contributed by atoms with Crippen LogP contribution in [0.3, 0.4) is 0 Å². The van der Waals surface area contributed by atoms with Crippen molar-refractivity contribution in [3.05, 3.63) is 65.5 Å². The number of rotatable bonds is 3. The minimum atomic E-state index is 0. The van der Waals surface area contributed by atoms with Crippen molar-refractivity contribution in [2.75, 3.05) is 21.0 Å². The van der Waals surface area contributed by atoms with Gasteiger partial charge in [-0.1, -0.05) is 12.1 Å². The fraction of sp³-hybridized carbons (Fsp3) is 0.238. The lowest BCUT2D eigenvalue weighted by Gasteiger charge is -2.19. The number of halogens is 1. The van der Waals surface area contributed by atoms with Crippen molar-refractivity contribution in [1.82, 2.24) is 9.88 Å². The normalized spacial score (nSPS) is 16.4. The smallest absolute Gasteiger partial charge is 0.231 e. The van der Waals surface area contributed by atoms with Gasteiger partial charge >= 0.3 is 0 Å². The Bertz CT molecular complexity index is 1020. The van der Waals surface area contributed by atoms with Crippen molar-refractivity contribution >= 4 is 0 Å². The highest BCUT2D eigenvalue weighted by atomic mass is 35.5. The number of hydrogen-bond donors (Lipinski definition) is 1. The van der Waals surface area contributed by atoms with Gasteiger partial charge in [-0.15, -0.1) is 0 Å². The van der Waals surface area contributed by atoms with Crippen LogP contribution in [-0.2, 0) is 6.54 Å². The summed E-state index contributed by atoms with van der Waals surface area (Å²) in [5.74, 6) is 3.03. The molecule has 2 aromatic carbocycles. The minimum absolute atomic E-state index is 0. The first kappa shape index (κ1) is 18.5. The Morgan fingerprint density at radius 1 is 1.04 bits per heavy atom.